The minimum Gasteiger partial charge on any atom is -0.497 e. The van der Waals surface area contributed by atoms with Crippen LogP contribution in [0.4, 0.5) is 11.4 Å². The van der Waals surface area contributed by atoms with Gasteiger partial charge in [-0.2, -0.15) is 0 Å². The molecule has 1 atom stereocenters. The number of methoxy groups -OCH3 is 1. The molecule has 1 heterocycles. The first-order valence-electron chi connectivity index (χ1n) is 12.6. The molecular weight excluding hydrogens is 486 g/mol. The van der Waals surface area contributed by atoms with E-state index in [1.165, 1.54) is 30.7 Å². The number of ether oxygens (including phenoxy) is 1. The third-order valence-electron chi connectivity index (χ3n) is 6.90. The Morgan fingerprint density at radius 2 is 1.62 bits per heavy atom. The molecule has 1 N–H and O–H groups in total. The van der Waals surface area contributed by atoms with Gasteiger partial charge in [0.15, 0.2) is 0 Å². The number of hydrogen-bond acceptors (Lipinski definition) is 5. The Morgan fingerprint density at radius 3 is 2.22 bits per heavy atom. The molecule has 0 spiro atoms. The Labute approximate surface area is 220 Å². The topological polar surface area (TPSA) is 79.0 Å². The summed E-state index contributed by atoms with van der Waals surface area (Å²) in [4.78, 5) is 15.6. The lowest BCUT2D eigenvalue weighted by atomic mass is 9.98. The Kier molecular flexibility index (Phi) is 8.38. The zero-order valence-corrected chi connectivity index (χ0v) is 22.4. The number of carbonyl (C=O) groups excluding carboxylic acids is 1. The van der Waals surface area contributed by atoms with Crippen LogP contribution in [0.25, 0.3) is 0 Å². The average Bonchev–Trinajstić information content (AvgIpc) is 2.93. The van der Waals surface area contributed by atoms with E-state index in [4.69, 9.17) is 4.74 Å². The number of rotatable bonds is 9. The van der Waals surface area contributed by atoms with Crippen LogP contribution in [0, 0.1) is 5.92 Å². The minimum absolute atomic E-state index is 0.120. The standard InChI is InChI=1S/C29H35N3O4S/c1-22-17-19-31(20-18-22)25-11-9-24(10-12-25)23(2)30-29(33)21-32(26-13-15-27(36-3)16-14-26)37(34,35)28-7-5-4-6-8-28/h4-16,22-23H,17-21H2,1-3H3,(H,30,33). The molecule has 1 unspecified atom stereocenters. The number of carbonyl (C=O) groups is 1. The smallest absolute Gasteiger partial charge is 0.264 e. The SMILES string of the molecule is COc1ccc(N(CC(=O)NC(C)c2ccc(N3CCC(C)CC3)cc2)S(=O)(=O)c2ccccc2)cc1. The predicted octanol–water partition coefficient (Wildman–Crippen LogP) is 5.00. The Bertz CT molecular complexity index is 1270. The van der Waals surface area contributed by atoms with Crippen LogP contribution in [-0.2, 0) is 14.8 Å². The van der Waals surface area contributed by atoms with Gasteiger partial charge in [-0.3, -0.25) is 9.10 Å². The van der Waals surface area contributed by atoms with Crippen molar-refractivity contribution in [2.75, 3.05) is 35.9 Å². The Hall–Kier alpha value is -3.52. The van der Waals surface area contributed by atoms with Crippen LogP contribution in [0.2, 0.25) is 0 Å². The summed E-state index contributed by atoms with van der Waals surface area (Å²) in [7, 11) is -2.42. The van der Waals surface area contributed by atoms with Gasteiger partial charge in [-0.25, -0.2) is 8.42 Å². The summed E-state index contributed by atoms with van der Waals surface area (Å²) >= 11 is 0. The van der Waals surface area contributed by atoms with E-state index in [2.05, 4.69) is 29.3 Å². The summed E-state index contributed by atoms with van der Waals surface area (Å²) in [5, 5.41) is 2.96. The van der Waals surface area contributed by atoms with Crippen molar-refractivity contribution in [2.24, 2.45) is 5.92 Å². The molecule has 1 saturated heterocycles. The molecule has 1 fully saturated rings. The zero-order valence-electron chi connectivity index (χ0n) is 21.6. The summed E-state index contributed by atoms with van der Waals surface area (Å²) in [5.41, 5.74) is 2.53. The van der Waals surface area contributed by atoms with Gasteiger partial charge in [0.25, 0.3) is 10.0 Å². The van der Waals surface area contributed by atoms with Crippen molar-refractivity contribution in [3.05, 3.63) is 84.4 Å². The van der Waals surface area contributed by atoms with Crippen LogP contribution in [0.3, 0.4) is 0 Å². The molecule has 0 saturated carbocycles. The number of nitrogens with one attached hydrogen (secondary N) is 1. The second kappa shape index (κ2) is 11.7. The van der Waals surface area contributed by atoms with Crippen molar-refractivity contribution in [1.29, 1.82) is 0 Å². The summed E-state index contributed by atoms with van der Waals surface area (Å²) < 4.78 is 33.3. The quantitative estimate of drug-likeness (QED) is 0.429. The van der Waals surface area contributed by atoms with Crippen molar-refractivity contribution >= 4 is 27.3 Å². The van der Waals surface area contributed by atoms with E-state index in [9.17, 15) is 13.2 Å². The van der Waals surface area contributed by atoms with E-state index in [0.29, 0.717) is 11.4 Å². The van der Waals surface area contributed by atoms with E-state index >= 15 is 0 Å². The van der Waals surface area contributed by atoms with Crippen LogP contribution in [0.5, 0.6) is 5.75 Å². The number of sulfonamides is 1. The Balaban J connectivity index is 1.48. The second-order valence-corrected chi connectivity index (χ2v) is 11.4. The van der Waals surface area contributed by atoms with Gasteiger partial charge in [0, 0.05) is 18.8 Å². The number of benzene rings is 3. The summed E-state index contributed by atoms with van der Waals surface area (Å²) in [6.45, 7) is 5.97. The van der Waals surface area contributed by atoms with Gasteiger partial charge in [0.1, 0.15) is 12.3 Å². The van der Waals surface area contributed by atoms with E-state index in [1.807, 2.05) is 19.1 Å². The number of anilines is 2. The summed E-state index contributed by atoms with van der Waals surface area (Å²) in [5.74, 6) is 0.979. The maximum absolute atomic E-state index is 13.5. The van der Waals surface area contributed by atoms with Gasteiger partial charge in [-0.1, -0.05) is 37.3 Å². The van der Waals surface area contributed by atoms with Crippen molar-refractivity contribution < 1.29 is 17.9 Å². The molecule has 7 nitrogen and oxygen atoms in total. The molecule has 3 aromatic rings. The van der Waals surface area contributed by atoms with Crippen LogP contribution in [0.15, 0.2) is 83.8 Å². The fourth-order valence-corrected chi connectivity index (χ4v) is 5.97. The van der Waals surface area contributed by atoms with Crippen LogP contribution >= 0.6 is 0 Å². The minimum atomic E-state index is -3.97. The third kappa shape index (κ3) is 6.43. The molecule has 4 rings (SSSR count). The second-order valence-electron chi connectivity index (χ2n) is 9.57. The highest BCUT2D eigenvalue weighted by atomic mass is 32.2. The molecule has 0 aliphatic carbocycles. The first kappa shape index (κ1) is 26.5. The first-order valence-corrected chi connectivity index (χ1v) is 14.1. The van der Waals surface area contributed by atoms with Crippen molar-refractivity contribution in [3.8, 4) is 5.75 Å². The molecule has 37 heavy (non-hydrogen) atoms. The lowest BCUT2D eigenvalue weighted by Gasteiger charge is -2.32. The van der Waals surface area contributed by atoms with Gasteiger partial charge in [0.2, 0.25) is 5.91 Å². The predicted molar refractivity (Wildman–Crippen MR) is 148 cm³/mol. The van der Waals surface area contributed by atoms with Gasteiger partial charge in [-0.05, 0) is 79.8 Å². The highest BCUT2D eigenvalue weighted by Crippen LogP contribution is 2.27. The number of piperidine rings is 1. The lowest BCUT2D eigenvalue weighted by Crippen LogP contribution is -2.41. The number of hydrogen-bond donors (Lipinski definition) is 1. The van der Waals surface area contributed by atoms with Gasteiger partial charge >= 0.3 is 0 Å². The highest BCUT2D eigenvalue weighted by molar-refractivity contribution is 7.92. The molecule has 1 aliphatic heterocycles. The summed E-state index contributed by atoms with van der Waals surface area (Å²) in [6.07, 6.45) is 2.40. The average molecular weight is 522 g/mol. The molecule has 0 radical (unpaired) electrons. The molecule has 0 aromatic heterocycles. The maximum atomic E-state index is 13.5. The van der Waals surface area contributed by atoms with E-state index in [0.717, 1.165) is 28.9 Å². The normalized spacial score (nSPS) is 15.2. The van der Waals surface area contributed by atoms with E-state index < -0.39 is 15.9 Å². The zero-order chi connectivity index (χ0) is 26.4. The van der Waals surface area contributed by atoms with Crippen molar-refractivity contribution in [1.82, 2.24) is 5.32 Å². The Morgan fingerprint density at radius 1 is 1.00 bits per heavy atom. The molecule has 1 amide bonds. The van der Waals surface area contributed by atoms with E-state index in [1.54, 1.807) is 49.6 Å². The molecule has 0 bridgehead atoms. The molecule has 1 aliphatic rings. The van der Waals surface area contributed by atoms with Gasteiger partial charge in [0.05, 0.1) is 23.7 Å². The van der Waals surface area contributed by atoms with Crippen molar-refractivity contribution in [2.45, 2.75) is 37.6 Å². The molecule has 3 aromatic carbocycles. The van der Waals surface area contributed by atoms with Crippen molar-refractivity contribution in [3.63, 3.8) is 0 Å². The fourth-order valence-electron chi connectivity index (χ4n) is 4.52. The lowest BCUT2D eigenvalue weighted by molar-refractivity contribution is -0.120. The molecule has 196 valence electrons. The number of nitrogens with zero attached hydrogens (tertiary/aromatic N) is 2. The molecule has 8 heteroatoms. The molecular formula is C29H35N3O4S. The van der Waals surface area contributed by atoms with E-state index in [-0.39, 0.29) is 17.5 Å². The van der Waals surface area contributed by atoms with Crippen LogP contribution in [-0.4, -0.2) is 41.1 Å². The third-order valence-corrected chi connectivity index (χ3v) is 8.69. The van der Waals surface area contributed by atoms with Gasteiger partial charge < -0.3 is 15.0 Å². The first-order chi connectivity index (χ1) is 17.8. The van der Waals surface area contributed by atoms with Gasteiger partial charge in [-0.15, -0.1) is 0 Å². The maximum Gasteiger partial charge on any atom is 0.264 e. The summed E-state index contributed by atoms with van der Waals surface area (Å²) in [6, 6.07) is 22.7. The fraction of sp³-hybridized carbons (Fsp3) is 0.345. The van der Waals surface area contributed by atoms with Crippen LogP contribution < -0.4 is 19.3 Å². The highest BCUT2D eigenvalue weighted by Gasteiger charge is 2.27. The van der Waals surface area contributed by atoms with Crippen LogP contribution in [0.1, 0.15) is 38.3 Å². The monoisotopic (exact) mass is 521 g/mol. The number of amides is 1. The largest absolute Gasteiger partial charge is 0.497 e.